The standard InChI is InChI=1S/C25H29N3O4/c1-3-15-32-18-12-10-17(11-13-18)24-21-22(19-8-5-6-9-20(19)29)26-27-23(21)25(30)28(24)14-7-16-31-4-2/h5-6,8-13,24,29H,3-4,7,14-16H2,1-2H3,(H,26,27). The topological polar surface area (TPSA) is 87.7 Å². The van der Waals surface area contributed by atoms with Crippen molar-refractivity contribution in [2.24, 2.45) is 0 Å². The van der Waals surface area contributed by atoms with Crippen LogP contribution in [0.4, 0.5) is 0 Å². The van der Waals surface area contributed by atoms with E-state index in [2.05, 4.69) is 17.1 Å². The number of phenols is 1. The quantitative estimate of drug-likeness (QED) is 0.457. The molecule has 4 rings (SSSR count). The number of aromatic amines is 1. The number of fused-ring (bicyclic) bond motifs is 1. The summed E-state index contributed by atoms with van der Waals surface area (Å²) in [7, 11) is 0. The average Bonchev–Trinajstić information content (AvgIpc) is 3.35. The van der Waals surface area contributed by atoms with Gasteiger partial charge in [0, 0.05) is 30.9 Å². The summed E-state index contributed by atoms with van der Waals surface area (Å²) in [5.74, 6) is 0.837. The largest absolute Gasteiger partial charge is 0.507 e. The molecule has 1 aromatic heterocycles. The van der Waals surface area contributed by atoms with Gasteiger partial charge in [0.05, 0.1) is 12.6 Å². The van der Waals surface area contributed by atoms with Crippen LogP contribution in [0.3, 0.4) is 0 Å². The van der Waals surface area contributed by atoms with E-state index in [0.717, 1.165) is 29.7 Å². The van der Waals surface area contributed by atoms with Crippen LogP contribution in [0, 0.1) is 0 Å². The van der Waals surface area contributed by atoms with Crippen molar-refractivity contribution in [2.45, 2.75) is 32.7 Å². The molecule has 0 bridgehead atoms. The van der Waals surface area contributed by atoms with Gasteiger partial charge in [0.25, 0.3) is 5.91 Å². The smallest absolute Gasteiger partial charge is 0.273 e. The summed E-state index contributed by atoms with van der Waals surface area (Å²) in [6.45, 7) is 6.49. The molecule has 3 aromatic rings. The van der Waals surface area contributed by atoms with Crippen LogP contribution in [-0.2, 0) is 4.74 Å². The first-order valence-electron chi connectivity index (χ1n) is 11.1. The third kappa shape index (κ3) is 4.21. The van der Waals surface area contributed by atoms with E-state index in [1.807, 2.05) is 48.2 Å². The minimum Gasteiger partial charge on any atom is -0.507 e. The maximum Gasteiger partial charge on any atom is 0.273 e. The van der Waals surface area contributed by atoms with E-state index in [1.54, 1.807) is 12.1 Å². The van der Waals surface area contributed by atoms with Crippen LogP contribution < -0.4 is 4.74 Å². The lowest BCUT2D eigenvalue weighted by molar-refractivity contribution is 0.0710. The number of para-hydroxylation sites is 1. The molecule has 7 heteroatoms. The molecule has 2 aromatic carbocycles. The summed E-state index contributed by atoms with van der Waals surface area (Å²) in [6, 6.07) is 14.6. The van der Waals surface area contributed by atoms with Crippen molar-refractivity contribution in [1.29, 1.82) is 0 Å². The molecular weight excluding hydrogens is 406 g/mol. The van der Waals surface area contributed by atoms with Crippen LogP contribution in [0.25, 0.3) is 11.3 Å². The lowest BCUT2D eigenvalue weighted by Gasteiger charge is -2.26. The third-order valence-electron chi connectivity index (χ3n) is 5.58. The van der Waals surface area contributed by atoms with E-state index in [9.17, 15) is 9.90 Å². The molecule has 1 amide bonds. The van der Waals surface area contributed by atoms with Gasteiger partial charge in [0.15, 0.2) is 0 Å². The zero-order valence-electron chi connectivity index (χ0n) is 18.5. The van der Waals surface area contributed by atoms with Gasteiger partial charge in [0.2, 0.25) is 0 Å². The number of rotatable bonds is 10. The highest BCUT2D eigenvalue weighted by Gasteiger charge is 2.42. The Morgan fingerprint density at radius 2 is 1.88 bits per heavy atom. The van der Waals surface area contributed by atoms with Crippen LogP contribution in [0.5, 0.6) is 11.5 Å². The monoisotopic (exact) mass is 435 g/mol. The van der Waals surface area contributed by atoms with Crippen LogP contribution in [-0.4, -0.2) is 52.5 Å². The average molecular weight is 436 g/mol. The number of hydrogen-bond acceptors (Lipinski definition) is 5. The fourth-order valence-corrected chi connectivity index (χ4v) is 4.10. The molecule has 0 aliphatic carbocycles. The number of carbonyl (C=O) groups is 1. The van der Waals surface area contributed by atoms with Crippen LogP contribution in [0.1, 0.15) is 54.3 Å². The number of aromatic hydroxyl groups is 1. The number of nitrogens with zero attached hydrogens (tertiary/aromatic N) is 2. The Balaban J connectivity index is 1.73. The first kappa shape index (κ1) is 21.9. The highest BCUT2D eigenvalue weighted by molar-refractivity contribution is 6.00. The zero-order valence-corrected chi connectivity index (χ0v) is 18.5. The number of carbonyl (C=O) groups excluding carboxylic acids is 1. The Bertz CT molecular complexity index is 1060. The van der Waals surface area contributed by atoms with Crippen molar-refractivity contribution in [2.75, 3.05) is 26.4 Å². The van der Waals surface area contributed by atoms with Gasteiger partial charge in [-0.3, -0.25) is 9.89 Å². The van der Waals surface area contributed by atoms with Crippen LogP contribution >= 0.6 is 0 Å². The zero-order chi connectivity index (χ0) is 22.5. The highest BCUT2D eigenvalue weighted by Crippen LogP contribution is 2.44. The number of hydrogen-bond donors (Lipinski definition) is 2. The van der Waals surface area contributed by atoms with Crippen molar-refractivity contribution >= 4 is 5.91 Å². The van der Waals surface area contributed by atoms with E-state index in [4.69, 9.17) is 9.47 Å². The fraction of sp³-hybridized carbons (Fsp3) is 0.360. The van der Waals surface area contributed by atoms with E-state index >= 15 is 0 Å². The minimum absolute atomic E-state index is 0.0954. The number of benzene rings is 2. The molecule has 2 N–H and O–H groups in total. The normalized spacial score (nSPS) is 15.2. The molecule has 32 heavy (non-hydrogen) atoms. The first-order valence-corrected chi connectivity index (χ1v) is 11.1. The van der Waals surface area contributed by atoms with E-state index in [0.29, 0.717) is 43.3 Å². The van der Waals surface area contributed by atoms with Gasteiger partial charge < -0.3 is 19.5 Å². The number of nitrogens with one attached hydrogen (secondary N) is 1. The van der Waals surface area contributed by atoms with Gasteiger partial charge in [0.1, 0.15) is 22.9 Å². The van der Waals surface area contributed by atoms with Crippen molar-refractivity contribution in [3.63, 3.8) is 0 Å². The van der Waals surface area contributed by atoms with Crippen molar-refractivity contribution in [3.8, 4) is 22.8 Å². The van der Waals surface area contributed by atoms with E-state index in [-0.39, 0.29) is 17.7 Å². The number of H-pyrrole nitrogens is 1. The van der Waals surface area contributed by atoms with E-state index < -0.39 is 0 Å². The number of ether oxygens (including phenoxy) is 2. The Morgan fingerprint density at radius 3 is 2.59 bits per heavy atom. The summed E-state index contributed by atoms with van der Waals surface area (Å²) in [6.07, 6.45) is 1.67. The molecule has 0 saturated carbocycles. The molecule has 0 radical (unpaired) electrons. The first-order chi connectivity index (χ1) is 15.7. The van der Waals surface area contributed by atoms with Gasteiger partial charge in [-0.2, -0.15) is 5.10 Å². The second-order valence-electron chi connectivity index (χ2n) is 7.75. The number of aromatic nitrogens is 2. The molecule has 0 saturated heterocycles. The predicted octanol–water partition coefficient (Wildman–Crippen LogP) is 4.54. The molecule has 1 unspecified atom stereocenters. The van der Waals surface area contributed by atoms with Crippen molar-refractivity contribution in [3.05, 3.63) is 65.4 Å². The van der Waals surface area contributed by atoms with Gasteiger partial charge >= 0.3 is 0 Å². The Morgan fingerprint density at radius 1 is 1.09 bits per heavy atom. The molecule has 1 atom stereocenters. The maximum atomic E-state index is 13.3. The van der Waals surface area contributed by atoms with Gasteiger partial charge in [-0.15, -0.1) is 0 Å². The minimum atomic E-state index is -0.312. The second-order valence-corrected chi connectivity index (χ2v) is 7.75. The summed E-state index contributed by atoms with van der Waals surface area (Å²) in [5, 5.41) is 17.8. The molecule has 168 valence electrons. The molecular formula is C25H29N3O4. The van der Waals surface area contributed by atoms with Crippen LogP contribution in [0.15, 0.2) is 48.5 Å². The number of phenolic OH excluding ortho intramolecular Hbond substituents is 1. The Labute approximate surface area is 188 Å². The molecule has 1 aliphatic heterocycles. The third-order valence-corrected chi connectivity index (χ3v) is 5.58. The summed E-state index contributed by atoms with van der Waals surface area (Å²) >= 11 is 0. The van der Waals surface area contributed by atoms with Gasteiger partial charge in [-0.05, 0) is 49.6 Å². The highest BCUT2D eigenvalue weighted by atomic mass is 16.5. The summed E-state index contributed by atoms with van der Waals surface area (Å²) in [4.78, 5) is 15.2. The predicted molar refractivity (Wildman–Crippen MR) is 122 cm³/mol. The molecule has 7 nitrogen and oxygen atoms in total. The number of amides is 1. The maximum absolute atomic E-state index is 13.3. The summed E-state index contributed by atoms with van der Waals surface area (Å²) < 4.78 is 11.2. The second kappa shape index (κ2) is 9.87. The molecule has 2 heterocycles. The molecule has 0 spiro atoms. The summed E-state index contributed by atoms with van der Waals surface area (Å²) in [5.41, 5.74) is 3.42. The fourth-order valence-electron chi connectivity index (χ4n) is 4.10. The lowest BCUT2D eigenvalue weighted by Crippen LogP contribution is -2.31. The SMILES string of the molecule is CCCOc1ccc(C2c3c(-c4ccccc4O)n[nH]c3C(=O)N2CCCOCC)cc1. The lowest BCUT2D eigenvalue weighted by atomic mass is 9.95. The van der Waals surface area contributed by atoms with Crippen molar-refractivity contribution < 1.29 is 19.4 Å². The Kier molecular flexibility index (Phi) is 6.75. The molecule has 0 fully saturated rings. The van der Waals surface area contributed by atoms with Crippen molar-refractivity contribution in [1.82, 2.24) is 15.1 Å². The molecule has 1 aliphatic rings. The van der Waals surface area contributed by atoms with Gasteiger partial charge in [-0.25, -0.2) is 0 Å². The van der Waals surface area contributed by atoms with Crippen LogP contribution in [0.2, 0.25) is 0 Å². The Hall–Kier alpha value is -3.32. The van der Waals surface area contributed by atoms with E-state index in [1.165, 1.54) is 0 Å². The van der Waals surface area contributed by atoms with Gasteiger partial charge in [-0.1, -0.05) is 31.2 Å².